The molecule has 2 aromatic carbocycles. The molecular formula is C49H75BrO6. The number of aliphatic hydroxyl groups excluding tert-OH is 1. The van der Waals surface area contributed by atoms with Crippen LogP contribution < -0.4 is 14.9 Å². The lowest BCUT2D eigenvalue weighted by Crippen LogP contribution is -2.11. The molecule has 1 aromatic heterocycles. The highest BCUT2D eigenvalue weighted by atomic mass is 79.9. The number of phenols is 1. The molecule has 0 aliphatic rings. The average molecular weight is 840 g/mol. The first kappa shape index (κ1) is 47.6. The Labute approximate surface area is 347 Å². The number of phenolic OH excluding ortho intramolecular Hbond substituents is 1. The average Bonchev–Trinajstić information content (AvgIpc) is 3.17. The lowest BCUT2D eigenvalue weighted by Gasteiger charge is -2.18. The van der Waals surface area contributed by atoms with Gasteiger partial charge < -0.3 is 24.1 Å². The lowest BCUT2D eigenvalue weighted by atomic mass is 9.95. The molecule has 0 radical (unpaired) electrons. The van der Waals surface area contributed by atoms with E-state index < -0.39 is 0 Å². The first-order valence-corrected chi connectivity index (χ1v) is 23.3. The van der Waals surface area contributed by atoms with E-state index in [1.165, 1.54) is 109 Å². The molecule has 0 atom stereocenters. The third-order valence-corrected chi connectivity index (χ3v) is 11.4. The van der Waals surface area contributed by atoms with Gasteiger partial charge in [-0.25, -0.2) is 0 Å². The number of alkyl halides is 1. The molecule has 3 aromatic rings. The Morgan fingerprint density at radius 3 is 1.46 bits per heavy atom. The summed E-state index contributed by atoms with van der Waals surface area (Å²) in [4.78, 5) is 14.5. The third-order valence-electron chi connectivity index (χ3n) is 10.9. The summed E-state index contributed by atoms with van der Waals surface area (Å²) >= 11 is 3.51. The van der Waals surface area contributed by atoms with E-state index in [9.17, 15) is 15.0 Å². The molecule has 0 unspecified atom stereocenters. The Morgan fingerprint density at radius 2 is 1.02 bits per heavy atom. The van der Waals surface area contributed by atoms with Crippen LogP contribution in [0.1, 0.15) is 186 Å². The van der Waals surface area contributed by atoms with Gasteiger partial charge in [0.2, 0.25) is 5.43 Å². The summed E-state index contributed by atoms with van der Waals surface area (Å²) in [6.45, 7) is 11.1. The predicted octanol–water partition coefficient (Wildman–Crippen LogP) is 14.5. The molecule has 56 heavy (non-hydrogen) atoms. The van der Waals surface area contributed by atoms with Crippen LogP contribution in [0, 0.1) is 0 Å². The summed E-state index contributed by atoms with van der Waals surface area (Å²) in [6, 6.07) is 3.53. The van der Waals surface area contributed by atoms with Gasteiger partial charge in [0, 0.05) is 28.6 Å². The standard InChI is InChI=1S/C49H75BrO6/c1-6-7-8-9-10-11-13-16-19-22-25-32-54-42-34-45-47(48(52)40(42)30-28-38(4)5)49(53)46-39(29-27-37(2)3)41(36-51)43(35-44(46)56-45)55-33-26-23-20-17-14-12-15-18-21-24-31-50/h27-28,34-35,51-52H,6-26,29-33,36H2,1-5H3. The molecule has 7 heteroatoms. The van der Waals surface area contributed by atoms with Crippen molar-refractivity contribution in [3.63, 3.8) is 0 Å². The molecule has 0 bridgehead atoms. The van der Waals surface area contributed by atoms with Crippen LogP contribution in [0.5, 0.6) is 17.2 Å². The maximum absolute atomic E-state index is 14.5. The van der Waals surface area contributed by atoms with Crippen LogP contribution in [0.3, 0.4) is 0 Å². The van der Waals surface area contributed by atoms with Crippen molar-refractivity contribution in [2.45, 2.75) is 189 Å². The van der Waals surface area contributed by atoms with Crippen LogP contribution in [0.15, 0.2) is 44.6 Å². The molecule has 1 heterocycles. The van der Waals surface area contributed by atoms with Gasteiger partial charge in [-0.15, -0.1) is 0 Å². The van der Waals surface area contributed by atoms with Crippen LogP contribution in [0.2, 0.25) is 0 Å². The van der Waals surface area contributed by atoms with Gasteiger partial charge in [-0.05, 0) is 65.4 Å². The van der Waals surface area contributed by atoms with Gasteiger partial charge in [0.15, 0.2) is 0 Å². The first-order valence-electron chi connectivity index (χ1n) is 22.2. The van der Waals surface area contributed by atoms with E-state index in [-0.39, 0.29) is 28.8 Å². The van der Waals surface area contributed by atoms with Gasteiger partial charge in [0.05, 0.1) is 25.2 Å². The highest BCUT2D eigenvalue weighted by Crippen LogP contribution is 2.39. The van der Waals surface area contributed by atoms with E-state index in [1.807, 2.05) is 33.8 Å². The number of ether oxygens (including phenoxy) is 2. The van der Waals surface area contributed by atoms with Crippen LogP contribution in [-0.2, 0) is 19.4 Å². The highest BCUT2D eigenvalue weighted by Gasteiger charge is 2.24. The van der Waals surface area contributed by atoms with Crippen LogP contribution in [0.4, 0.5) is 0 Å². The summed E-state index contributed by atoms with van der Waals surface area (Å²) in [5.41, 5.74) is 4.44. The molecule has 3 rings (SSSR count). The summed E-state index contributed by atoms with van der Waals surface area (Å²) in [5.74, 6) is 0.990. The zero-order chi connectivity index (χ0) is 40.5. The van der Waals surface area contributed by atoms with E-state index in [1.54, 1.807) is 12.1 Å². The van der Waals surface area contributed by atoms with E-state index >= 15 is 0 Å². The van der Waals surface area contributed by atoms with Gasteiger partial charge in [-0.2, -0.15) is 0 Å². The Morgan fingerprint density at radius 1 is 0.607 bits per heavy atom. The normalized spacial score (nSPS) is 11.4. The molecule has 0 saturated heterocycles. The Hall–Kier alpha value is -2.77. The Bertz CT molecular complexity index is 1690. The van der Waals surface area contributed by atoms with Gasteiger partial charge in [-0.1, -0.05) is 162 Å². The SMILES string of the molecule is CCCCCCCCCCCCCOc1cc2oc3cc(OCCCCCCCCCCCCBr)c(CO)c(CC=C(C)C)c3c(=O)c2c(O)c1CC=C(C)C. The fraction of sp³-hybridized carbons (Fsp3) is 0.653. The van der Waals surface area contributed by atoms with Gasteiger partial charge in [0.25, 0.3) is 0 Å². The highest BCUT2D eigenvalue weighted by molar-refractivity contribution is 9.09. The number of hydrogen-bond acceptors (Lipinski definition) is 6. The second-order valence-corrected chi connectivity index (χ2v) is 17.1. The second kappa shape index (κ2) is 27.8. The van der Waals surface area contributed by atoms with E-state index in [0.29, 0.717) is 65.2 Å². The van der Waals surface area contributed by atoms with Crippen molar-refractivity contribution in [1.29, 1.82) is 0 Å². The van der Waals surface area contributed by atoms with Gasteiger partial charge in [-0.3, -0.25) is 4.79 Å². The van der Waals surface area contributed by atoms with Crippen molar-refractivity contribution in [2.24, 2.45) is 0 Å². The molecule has 0 aliphatic heterocycles. The number of fused-ring (bicyclic) bond motifs is 2. The summed E-state index contributed by atoms with van der Waals surface area (Å²) in [6.07, 6.45) is 31.1. The number of allylic oxidation sites excluding steroid dienone is 4. The van der Waals surface area contributed by atoms with Crippen molar-refractivity contribution in [1.82, 2.24) is 0 Å². The number of aliphatic hydroxyl groups is 1. The lowest BCUT2D eigenvalue weighted by molar-refractivity contribution is 0.259. The second-order valence-electron chi connectivity index (χ2n) is 16.3. The minimum absolute atomic E-state index is 0.0988. The molecule has 2 N–H and O–H groups in total. The van der Waals surface area contributed by atoms with Crippen LogP contribution in [0.25, 0.3) is 21.9 Å². The molecule has 0 amide bonds. The maximum Gasteiger partial charge on any atom is 0.204 e. The zero-order valence-electron chi connectivity index (χ0n) is 35.8. The fourth-order valence-electron chi connectivity index (χ4n) is 7.47. The van der Waals surface area contributed by atoms with Crippen molar-refractivity contribution < 1.29 is 24.1 Å². The molecule has 0 fully saturated rings. The third kappa shape index (κ3) is 16.2. The summed E-state index contributed by atoms with van der Waals surface area (Å²) in [5, 5.41) is 24.1. The smallest absolute Gasteiger partial charge is 0.204 e. The Balaban J connectivity index is 1.81. The number of rotatable bonds is 31. The minimum Gasteiger partial charge on any atom is -0.507 e. The van der Waals surface area contributed by atoms with Gasteiger partial charge in [0.1, 0.15) is 33.8 Å². The molecule has 0 spiro atoms. The topological polar surface area (TPSA) is 89.1 Å². The predicted molar refractivity (Wildman–Crippen MR) is 241 cm³/mol. The number of halogens is 1. The quantitative estimate of drug-likeness (QED) is 0.0290. The Kier molecular flexibility index (Phi) is 23.6. The molecule has 314 valence electrons. The summed E-state index contributed by atoms with van der Waals surface area (Å²) < 4.78 is 19.2. The maximum atomic E-state index is 14.5. The zero-order valence-corrected chi connectivity index (χ0v) is 37.4. The van der Waals surface area contributed by atoms with E-state index in [2.05, 4.69) is 28.9 Å². The van der Waals surface area contributed by atoms with Crippen molar-refractivity contribution >= 4 is 37.9 Å². The molecule has 6 nitrogen and oxygen atoms in total. The molecule has 0 aliphatic carbocycles. The summed E-state index contributed by atoms with van der Waals surface area (Å²) in [7, 11) is 0. The van der Waals surface area contributed by atoms with Crippen molar-refractivity contribution in [3.8, 4) is 17.2 Å². The van der Waals surface area contributed by atoms with Crippen molar-refractivity contribution in [3.05, 3.63) is 62.3 Å². The monoisotopic (exact) mass is 838 g/mol. The molecule has 0 saturated carbocycles. The van der Waals surface area contributed by atoms with Gasteiger partial charge >= 0.3 is 0 Å². The minimum atomic E-state index is -0.310. The van der Waals surface area contributed by atoms with E-state index in [0.717, 1.165) is 42.2 Å². The van der Waals surface area contributed by atoms with Crippen LogP contribution in [-0.4, -0.2) is 28.8 Å². The number of unbranched alkanes of at least 4 members (excludes halogenated alkanes) is 19. The van der Waals surface area contributed by atoms with Crippen LogP contribution >= 0.6 is 15.9 Å². The fourth-order valence-corrected chi connectivity index (χ4v) is 7.87. The number of aromatic hydroxyl groups is 1. The first-order chi connectivity index (χ1) is 27.2. The molecular weight excluding hydrogens is 764 g/mol. The number of hydrogen-bond donors (Lipinski definition) is 2. The van der Waals surface area contributed by atoms with E-state index in [4.69, 9.17) is 13.9 Å². The number of benzene rings is 2. The largest absolute Gasteiger partial charge is 0.507 e. The van der Waals surface area contributed by atoms with Crippen molar-refractivity contribution in [2.75, 3.05) is 18.5 Å².